The average Bonchev–Trinajstić information content (AvgIpc) is 2.56. The van der Waals surface area contributed by atoms with Gasteiger partial charge in [-0.2, -0.15) is 5.10 Å². The van der Waals surface area contributed by atoms with E-state index in [0.717, 1.165) is 5.69 Å². The lowest BCUT2D eigenvalue weighted by Gasteiger charge is -2.07. The minimum absolute atomic E-state index is 0.197. The van der Waals surface area contributed by atoms with Crippen LogP contribution in [-0.4, -0.2) is 9.78 Å². The predicted octanol–water partition coefficient (Wildman–Crippen LogP) is 3.82. The maximum Gasteiger partial charge on any atom is 0.241 e. The first-order valence-corrected chi connectivity index (χ1v) is 6.64. The molecule has 0 aliphatic carbocycles. The van der Waals surface area contributed by atoms with Gasteiger partial charge in [-0.15, -0.1) is 0 Å². The van der Waals surface area contributed by atoms with Crippen LogP contribution in [0.1, 0.15) is 25.5 Å². The Morgan fingerprint density at radius 1 is 1.37 bits per heavy atom. The van der Waals surface area contributed by atoms with Gasteiger partial charge in [0.15, 0.2) is 0 Å². The normalized spacial score (nSPS) is 11.1. The van der Waals surface area contributed by atoms with Crippen molar-refractivity contribution in [1.29, 1.82) is 0 Å². The number of anilines is 1. The fourth-order valence-electron chi connectivity index (χ4n) is 1.79. The number of aryl methyl sites for hydroxylation is 1. The first kappa shape index (κ1) is 13.9. The molecule has 1 aromatic carbocycles. The van der Waals surface area contributed by atoms with E-state index in [1.165, 1.54) is 12.1 Å². The van der Waals surface area contributed by atoms with Crippen LogP contribution in [0.25, 0.3) is 0 Å². The van der Waals surface area contributed by atoms with Crippen molar-refractivity contribution in [3.8, 4) is 11.6 Å². The molecule has 0 bridgehead atoms. The van der Waals surface area contributed by atoms with Crippen molar-refractivity contribution < 1.29 is 9.13 Å². The van der Waals surface area contributed by atoms with Gasteiger partial charge in [-0.05, 0) is 18.1 Å². The first-order chi connectivity index (χ1) is 8.88. The zero-order valence-electron chi connectivity index (χ0n) is 10.9. The Morgan fingerprint density at radius 3 is 2.58 bits per heavy atom. The quantitative estimate of drug-likeness (QED) is 0.932. The Morgan fingerprint density at radius 2 is 2.05 bits per heavy atom. The van der Waals surface area contributed by atoms with Gasteiger partial charge in [0.1, 0.15) is 17.3 Å². The molecule has 2 aromatic rings. The largest absolute Gasteiger partial charge is 0.437 e. The van der Waals surface area contributed by atoms with Gasteiger partial charge in [0, 0.05) is 17.6 Å². The summed E-state index contributed by atoms with van der Waals surface area (Å²) in [4.78, 5) is 0. The monoisotopic (exact) mass is 327 g/mol. The SMILES string of the molecule is CC(C)c1nn(C)c(Oc2cc(F)cc(Br)c2)c1N. The molecule has 0 fully saturated rings. The van der Waals surface area contributed by atoms with E-state index in [2.05, 4.69) is 21.0 Å². The Bertz CT molecular complexity index is 590. The van der Waals surface area contributed by atoms with Crippen LogP contribution >= 0.6 is 15.9 Å². The molecule has 0 aliphatic rings. The summed E-state index contributed by atoms with van der Waals surface area (Å²) in [5.74, 6) is 0.607. The second kappa shape index (κ2) is 5.21. The second-order valence-electron chi connectivity index (χ2n) is 4.59. The fraction of sp³-hybridized carbons (Fsp3) is 0.308. The summed E-state index contributed by atoms with van der Waals surface area (Å²) < 4.78 is 21.1. The van der Waals surface area contributed by atoms with Gasteiger partial charge in [0.2, 0.25) is 5.88 Å². The van der Waals surface area contributed by atoms with Crippen LogP contribution in [-0.2, 0) is 7.05 Å². The van der Waals surface area contributed by atoms with E-state index in [-0.39, 0.29) is 11.7 Å². The van der Waals surface area contributed by atoms with Gasteiger partial charge in [-0.1, -0.05) is 29.8 Å². The molecule has 0 amide bonds. The van der Waals surface area contributed by atoms with Gasteiger partial charge >= 0.3 is 0 Å². The summed E-state index contributed by atoms with van der Waals surface area (Å²) in [5, 5.41) is 4.31. The lowest BCUT2D eigenvalue weighted by Crippen LogP contribution is -1.97. The highest BCUT2D eigenvalue weighted by Gasteiger charge is 2.18. The third-order valence-electron chi connectivity index (χ3n) is 2.66. The van der Waals surface area contributed by atoms with Gasteiger partial charge in [-0.3, -0.25) is 0 Å². The zero-order chi connectivity index (χ0) is 14.2. The van der Waals surface area contributed by atoms with Crippen molar-refractivity contribution in [3.05, 3.63) is 34.2 Å². The number of nitrogens with two attached hydrogens (primary N) is 1. The van der Waals surface area contributed by atoms with E-state index in [1.54, 1.807) is 17.8 Å². The number of rotatable bonds is 3. The molecule has 0 unspecified atom stereocenters. The van der Waals surface area contributed by atoms with Crippen molar-refractivity contribution in [2.75, 3.05) is 5.73 Å². The van der Waals surface area contributed by atoms with Crippen molar-refractivity contribution in [2.24, 2.45) is 7.05 Å². The van der Waals surface area contributed by atoms with E-state index < -0.39 is 0 Å². The fourth-order valence-corrected chi connectivity index (χ4v) is 2.24. The predicted molar refractivity (Wildman–Crippen MR) is 75.9 cm³/mol. The Labute approximate surface area is 119 Å². The molecule has 102 valence electrons. The molecule has 2 rings (SSSR count). The third-order valence-corrected chi connectivity index (χ3v) is 3.11. The van der Waals surface area contributed by atoms with Crippen molar-refractivity contribution in [3.63, 3.8) is 0 Å². The molecule has 0 saturated carbocycles. The molecule has 0 atom stereocenters. The third kappa shape index (κ3) is 2.89. The maximum atomic E-state index is 13.3. The number of halogens is 2. The minimum Gasteiger partial charge on any atom is -0.437 e. The number of hydrogen-bond acceptors (Lipinski definition) is 3. The molecule has 19 heavy (non-hydrogen) atoms. The lowest BCUT2D eigenvalue weighted by atomic mass is 10.1. The van der Waals surface area contributed by atoms with Crippen LogP contribution in [0.5, 0.6) is 11.6 Å². The van der Waals surface area contributed by atoms with Crippen LogP contribution in [0.15, 0.2) is 22.7 Å². The molecule has 0 saturated heterocycles. The smallest absolute Gasteiger partial charge is 0.241 e. The lowest BCUT2D eigenvalue weighted by molar-refractivity contribution is 0.428. The molecule has 0 radical (unpaired) electrons. The molecule has 2 N–H and O–H groups in total. The molecule has 0 spiro atoms. The number of aromatic nitrogens is 2. The van der Waals surface area contributed by atoms with Crippen molar-refractivity contribution >= 4 is 21.6 Å². The topological polar surface area (TPSA) is 53.1 Å². The van der Waals surface area contributed by atoms with E-state index in [4.69, 9.17) is 10.5 Å². The Hall–Kier alpha value is -1.56. The van der Waals surface area contributed by atoms with Crippen LogP contribution in [0, 0.1) is 5.82 Å². The molecule has 4 nitrogen and oxygen atoms in total. The van der Waals surface area contributed by atoms with Gasteiger partial charge in [0.05, 0.1) is 5.69 Å². The van der Waals surface area contributed by atoms with Gasteiger partial charge < -0.3 is 10.5 Å². The number of benzene rings is 1. The average molecular weight is 328 g/mol. The van der Waals surface area contributed by atoms with Crippen molar-refractivity contribution in [1.82, 2.24) is 9.78 Å². The second-order valence-corrected chi connectivity index (χ2v) is 5.51. The summed E-state index contributed by atoms with van der Waals surface area (Å²) >= 11 is 3.22. The molecule has 0 aliphatic heterocycles. The summed E-state index contributed by atoms with van der Waals surface area (Å²) in [7, 11) is 1.74. The number of nitrogens with zero attached hydrogens (tertiary/aromatic N) is 2. The summed E-state index contributed by atoms with van der Waals surface area (Å²) in [5.41, 5.74) is 7.27. The van der Waals surface area contributed by atoms with E-state index in [0.29, 0.717) is 21.8 Å². The molecule has 1 aromatic heterocycles. The summed E-state index contributed by atoms with van der Waals surface area (Å²) in [6.45, 7) is 4.00. The molecular weight excluding hydrogens is 313 g/mol. The number of nitrogen functional groups attached to an aromatic ring is 1. The van der Waals surface area contributed by atoms with Crippen LogP contribution in [0.2, 0.25) is 0 Å². The number of ether oxygens (including phenoxy) is 1. The summed E-state index contributed by atoms with van der Waals surface area (Å²) in [6, 6.07) is 4.33. The van der Waals surface area contributed by atoms with Gasteiger partial charge in [0.25, 0.3) is 0 Å². The van der Waals surface area contributed by atoms with E-state index in [9.17, 15) is 4.39 Å². The first-order valence-electron chi connectivity index (χ1n) is 5.84. The number of hydrogen-bond donors (Lipinski definition) is 1. The summed E-state index contributed by atoms with van der Waals surface area (Å²) in [6.07, 6.45) is 0. The highest BCUT2D eigenvalue weighted by molar-refractivity contribution is 9.10. The minimum atomic E-state index is -0.380. The van der Waals surface area contributed by atoms with Crippen molar-refractivity contribution in [2.45, 2.75) is 19.8 Å². The van der Waals surface area contributed by atoms with Crippen LogP contribution < -0.4 is 10.5 Å². The molecule has 1 heterocycles. The van der Waals surface area contributed by atoms with Crippen LogP contribution in [0.3, 0.4) is 0 Å². The zero-order valence-corrected chi connectivity index (χ0v) is 12.5. The highest BCUT2D eigenvalue weighted by atomic mass is 79.9. The molecule has 6 heteroatoms. The van der Waals surface area contributed by atoms with E-state index >= 15 is 0 Å². The Kier molecular flexibility index (Phi) is 3.80. The maximum absolute atomic E-state index is 13.3. The molecular formula is C13H15BrFN3O. The highest BCUT2D eigenvalue weighted by Crippen LogP contribution is 2.34. The van der Waals surface area contributed by atoms with Gasteiger partial charge in [-0.25, -0.2) is 9.07 Å². The van der Waals surface area contributed by atoms with E-state index in [1.807, 2.05) is 13.8 Å². The Balaban J connectivity index is 2.38. The standard InChI is InChI=1S/C13H15BrFN3O/c1-7(2)12-11(16)13(18(3)17-12)19-10-5-8(14)4-9(15)6-10/h4-7H,16H2,1-3H3. The van der Waals surface area contributed by atoms with Crippen LogP contribution in [0.4, 0.5) is 10.1 Å².